The lowest BCUT2D eigenvalue weighted by Crippen LogP contribution is -2.34. The molecule has 0 aromatic carbocycles. The molecular weight excluding hydrogens is 897 g/mol. The van der Waals surface area contributed by atoms with Crippen LogP contribution < -0.4 is 5.73 Å². The summed E-state index contributed by atoms with van der Waals surface area (Å²) in [6, 6.07) is 0.555. The van der Waals surface area contributed by atoms with E-state index < -0.39 is 0 Å². The number of nitrogens with zero attached hydrogens (tertiary/aromatic N) is 1. The van der Waals surface area contributed by atoms with Gasteiger partial charge < -0.3 is 20.0 Å². The average molecular weight is 1020 g/mol. The molecule has 71 heavy (non-hydrogen) atoms. The molecule has 424 valence electrons. The number of likely N-dealkylation sites (tertiary alicyclic amines) is 1. The van der Waals surface area contributed by atoms with E-state index in [0.29, 0.717) is 31.2 Å². The van der Waals surface area contributed by atoms with Gasteiger partial charge in [0.25, 0.3) is 0 Å². The summed E-state index contributed by atoms with van der Waals surface area (Å²) in [6.07, 6.45) is 46.8. The fraction of sp³-hybridized carbons (Fsp3) is 0.873. The zero-order chi connectivity index (χ0) is 54.4. The summed E-state index contributed by atoms with van der Waals surface area (Å²) in [5.74, 6) is 1.10. The Hall–Kier alpha value is -1.74. The number of esters is 1. The van der Waals surface area contributed by atoms with Gasteiger partial charge in [-0.2, -0.15) is 0 Å². The Bertz CT molecular complexity index is 1100. The van der Waals surface area contributed by atoms with E-state index in [2.05, 4.69) is 58.0 Å². The molecule has 0 aliphatic carbocycles. The lowest BCUT2D eigenvalue weighted by Gasteiger charge is -2.24. The van der Waals surface area contributed by atoms with E-state index in [1.165, 1.54) is 180 Å². The van der Waals surface area contributed by atoms with E-state index in [0.717, 1.165) is 81.9 Å². The Balaban J connectivity index is -0.000000420. The molecular formula is C63H126N2O5S. The molecule has 1 rings (SSSR count). The molecule has 0 radical (unpaired) electrons. The average Bonchev–Trinajstić information content (AvgIpc) is 3.71. The minimum Gasteiger partial charge on any atom is -0.462 e. The third-order valence-corrected chi connectivity index (χ3v) is 12.4. The van der Waals surface area contributed by atoms with Crippen molar-refractivity contribution in [3.8, 4) is 0 Å². The quantitative estimate of drug-likeness (QED) is 0.0212. The molecule has 0 spiro atoms. The molecule has 1 aliphatic rings. The maximum absolute atomic E-state index is 12.6. The first-order valence-electron chi connectivity index (χ1n) is 30.4. The lowest BCUT2D eigenvalue weighted by molar-refractivity contribution is -0.150. The second kappa shape index (κ2) is 68.3. The Labute approximate surface area is 450 Å². The fourth-order valence-corrected chi connectivity index (χ4v) is 8.43. The van der Waals surface area contributed by atoms with E-state index in [1.807, 2.05) is 47.6 Å². The number of thiocarbonyl (C=S) groups is 1. The molecule has 1 aliphatic heterocycles. The van der Waals surface area contributed by atoms with Crippen molar-refractivity contribution in [2.24, 2.45) is 11.7 Å². The number of nitrogens with two attached hydrogens (primary N) is 1. The highest BCUT2D eigenvalue weighted by Crippen LogP contribution is 2.24. The van der Waals surface area contributed by atoms with Gasteiger partial charge in [-0.05, 0) is 121 Å². The Kier molecular flexibility index (Phi) is 75.1. The molecule has 8 heteroatoms. The molecule has 7 nitrogen and oxygen atoms in total. The minimum absolute atomic E-state index is 0.0162. The summed E-state index contributed by atoms with van der Waals surface area (Å²) in [7, 11) is 0. The van der Waals surface area contributed by atoms with Crippen molar-refractivity contribution in [2.75, 3.05) is 32.8 Å². The van der Waals surface area contributed by atoms with Crippen LogP contribution >= 0.6 is 12.2 Å². The second-order valence-electron chi connectivity index (χ2n) is 19.8. The summed E-state index contributed by atoms with van der Waals surface area (Å²) < 4.78 is 12.1. The van der Waals surface area contributed by atoms with Crippen LogP contribution in [0.25, 0.3) is 0 Å². The first kappa shape index (κ1) is 78.2. The number of carbonyl (C=O) groups excluding carboxylic acids is 3. The van der Waals surface area contributed by atoms with Gasteiger partial charge in [0.15, 0.2) is 5.78 Å². The smallest absolute Gasteiger partial charge is 0.306 e. The van der Waals surface area contributed by atoms with Crippen molar-refractivity contribution in [2.45, 2.75) is 319 Å². The van der Waals surface area contributed by atoms with Crippen LogP contribution in [0, 0.1) is 5.92 Å². The molecule has 1 fully saturated rings. The predicted molar refractivity (Wildman–Crippen MR) is 320 cm³/mol. The van der Waals surface area contributed by atoms with E-state index in [-0.39, 0.29) is 17.9 Å². The van der Waals surface area contributed by atoms with Gasteiger partial charge >= 0.3 is 5.97 Å². The summed E-state index contributed by atoms with van der Waals surface area (Å²) in [5, 5.41) is 0. The molecule has 0 aromatic rings. The molecule has 1 unspecified atom stereocenters. The normalized spacial score (nSPS) is 13.6. The highest BCUT2D eigenvalue weighted by atomic mass is 32.1. The highest BCUT2D eigenvalue weighted by Gasteiger charge is 2.29. The first-order valence-corrected chi connectivity index (χ1v) is 30.8. The van der Waals surface area contributed by atoms with Gasteiger partial charge in [0, 0.05) is 38.5 Å². The van der Waals surface area contributed by atoms with Crippen molar-refractivity contribution in [1.29, 1.82) is 0 Å². The molecule has 2 N–H and O–H groups in total. The van der Waals surface area contributed by atoms with E-state index in [9.17, 15) is 14.4 Å². The van der Waals surface area contributed by atoms with Crippen LogP contribution in [0.5, 0.6) is 0 Å². The van der Waals surface area contributed by atoms with Gasteiger partial charge in [-0.1, -0.05) is 222 Å². The number of rotatable bonds is 44. The monoisotopic (exact) mass is 1020 g/mol. The van der Waals surface area contributed by atoms with Gasteiger partial charge in [-0.15, -0.1) is 6.58 Å². The molecule has 2 atom stereocenters. The van der Waals surface area contributed by atoms with Crippen LogP contribution in [0.4, 0.5) is 0 Å². The maximum atomic E-state index is 12.6. The molecule has 0 bridgehead atoms. The number of hydrogen-bond donors (Lipinski definition) is 1. The van der Waals surface area contributed by atoms with E-state index in [1.54, 1.807) is 6.92 Å². The minimum atomic E-state index is 0.0162. The predicted octanol–water partition coefficient (Wildman–Crippen LogP) is 19.2. The number of unbranched alkanes of at least 4 members (excludes halogenated alkanes) is 25. The topological polar surface area (TPSA) is 98.9 Å². The van der Waals surface area contributed by atoms with Gasteiger partial charge in [0.1, 0.15) is 11.9 Å². The van der Waals surface area contributed by atoms with Crippen LogP contribution in [0.3, 0.4) is 0 Å². The van der Waals surface area contributed by atoms with E-state index >= 15 is 0 Å². The van der Waals surface area contributed by atoms with Crippen molar-refractivity contribution in [3.63, 3.8) is 0 Å². The summed E-state index contributed by atoms with van der Waals surface area (Å²) in [5.41, 5.74) is 5.04. The van der Waals surface area contributed by atoms with Gasteiger partial charge in [-0.3, -0.25) is 14.5 Å². The molecule has 0 amide bonds. The number of ketones is 2. The third kappa shape index (κ3) is 70.4. The number of Topliss-reactive ketones (excluding diaryl/α,β-unsaturated/α-hetero) is 1. The van der Waals surface area contributed by atoms with Gasteiger partial charge in [0.05, 0.1) is 6.61 Å². The largest absolute Gasteiger partial charge is 0.462 e. The number of carbonyl (C=O) groups is 3. The zero-order valence-electron chi connectivity index (χ0n) is 49.8. The van der Waals surface area contributed by atoms with Crippen LogP contribution in [0.2, 0.25) is 0 Å². The lowest BCUT2D eigenvalue weighted by atomic mass is 10.0. The Morgan fingerprint density at radius 3 is 1.48 bits per heavy atom. The van der Waals surface area contributed by atoms with Crippen LogP contribution in [0.1, 0.15) is 307 Å². The second-order valence-corrected chi connectivity index (χ2v) is 20.7. The fourth-order valence-electron chi connectivity index (χ4n) is 8.43. The van der Waals surface area contributed by atoms with Crippen LogP contribution in [-0.2, 0) is 23.9 Å². The van der Waals surface area contributed by atoms with Gasteiger partial charge in [-0.25, -0.2) is 0 Å². The SMILES string of the molecule is C=CC(=O)CCN.C=CCCCCCCCCCCC.CC.CC.CC(C)=S.CCCCCCCCC(CCCCCCCC)OC(=O)CCCCCCCOC[C@@H]1CC(C)CN1CCCCCC(C)=O. The Morgan fingerprint density at radius 1 is 0.620 bits per heavy atom. The standard InChI is InChI=1S/C38H73NO4.C13H26.C5H9NO.C3H6S.2C2H6/c1-5-7-9-11-14-20-26-37(27-21-15-12-10-8-6-2)43-38(41)28-22-16-13-17-24-30-42-33-36-31-34(3)32-39(36)29-23-18-19-25-35(4)40;1-3-5-7-9-11-13-12-10-8-6-4-2;1-2-5(7)3-4-6;1-3(2)4;2*1-2/h34,36-37H,5-33H2,1-4H3;3H,1,4-13H2,2H3;2H,1,3-4,6H2;1-2H3;2*1-2H3/t34?,36-;;;;;/m0...../s1. The third-order valence-electron chi connectivity index (χ3n) is 12.4. The highest BCUT2D eigenvalue weighted by molar-refractivity contribution is 7.80. The van der Waals surface area contributed by atoms with Crippen LogP contribution in [0.15, 0.2) is 25.3 Å². The maximum Gasteiger partial charge on any atom is 0.306 e. The molecule has 0 saturated carbocycles. The van der Waals surface area contributed by atoms with Crippen molar-refractivity contribution in [3.05, 3.63) is 25.3 Å². The van der Waals surface area contributed by atoms with Crippen molar-refractivity contribution in [1.82, 2.24) is 4.90 Å². The van der Waals surface area contributed by atoms with Gasteiger partial charge in [0.2, 0.25) is 0 Å². The van der Waals surface area contributed by atoms with Crippen molar-refractivity contribution < 1.29 is 23.9 Å². The summed E-state index contributed by atoms with van der Waals surface area (Å²) in [4.78, 5) is 37.6. The summed E-state index contributed by atoms with van der Waals surface area (Å²) >= 11 is 4.54. The number of allylic oxidation sites excluding steroid dienone is 2. The molecule has 1 heterocycles. The van der Waals surface area contributed by atoms with Crippen molar-refractivity contribution >= 4 is 34.6 Å². The molecule has 1 saturated heterocycles. The zero-order valence-corrected chi connectivity index (χ0v) is 50.6. The van der Waals surface area contributed by atoms with E-state index in [4.69, 9.17) is 15.2 Å². The number of hydrogen-bond acceptors (Lipinski definition) is 8. The van der Waals surface area contributed by atoms with Crippen LogP contribution in [-0.4, -0.2) is 72.3 Å². The Morgan fingerprint density at radius 2 is 1.04 bits per heavy atom. The molecule has 0 aromatic heterocycles. The summed E-state index contributed by atoms with van der Waals surface area (Å²) in [6.45, 7) is 34.1. The first-order chi connectivity index (χ1) is 34.4. The number of ether oxygens (including phenoxy) is 2.